The lowest BCUT2D eigenvalue weighted by molar-refractivity contribution is 0.0254. The fourth-order valence-electron chi connectivity index (χ4n) is 1.39. The molecule has 0 aliphatic carbocycles. The minimum Gasteiger partial charge on any atom is -0.295 e. The Labute approximate surface area is 102 Å². The number of nitrogens with zero attached hydrogens (tertiary/aromatic N) is 1. The van der Waals surface area contributed by atoms with Crippen molar-refractivity contribution in [3.63, 3.8) is 0 Å². The molecular formula is C10H23N5S. The molecule has 0 aromatic carbocycles. The van der Waals surface area contributed by atoms with Gasteiger partial charge in [0.15, 0.2) is 0 Å². The second kappa shape index (κ2) is 6.46. The average molecular weight is 245 g/mol. The van der Waals surface area contributed by atoms with Gasteiger partial charge in [0.25, 0.3) is 0 Å². The van der Waals surface area contributed by atoms with Crippen LogP contribution in [0.1, 0.15) is 27.7 Å². The maximum absolute atomic E-state index is 3.43. The summed E-state index contributed by atoms with van der Waals surface area (Å²) in [5.41, 5.74) is 9.79. The third kappa shape index (κ3) is 4.71. The van der Waals surface area contributed by atoms with Crippen molar-refractivity contribution >= 4 is 11.8 Å². The van der Waals surface area contributed by atoms with Gasteiger partial charge in [0, 0.05) is 12.1 Å². The van der Waals surface area contributed by atoms with Gasteiger partial charge >= 0.3 is 0 Å². The molecule has 0 aromatic rings. The standard InChI is InChI=1S/C10H23N5S/c1-7(2)11-9-6-10(16-5)14-15(13-9)12-8(3)4/h6-9,11-14H,1-5H3. The van der Waals surface area contributed by atoms with Crippen LogP contribution in [0.2, 0.25) is 0 Å². The maximum atomic E-state index is 3.43. The highest BCUT2D eigenvalue weighted by atomic mass is 32.2. The number of nitrogens with one attached hydrogen (secondary N) is 4. The molecule has 0 saturated carbocycles. The molecular weight excluding hydrogens is 222 g/mol. The Balaban J connectivity index is 2.58. The predicted octanol–water partition coefficient (Wildman–Crippen LogP) is 0.753. The highest BCUT2D eigenvalue weighted by Crippen LogP contribution is 2.11. The van der Waals surface area contributed by atoms with Crippen molar-refractivity contribution in [2.45, 2.75) is 45.9 Å². The van der Waals surface area contributed by atoms with Gasteiger partial charge in [-0.15, -0.1) is 11.8 Å². The molecule has 0 bridgehead atoms. The normalized spacial score (nSPS) is 22.4. The van der Waals surface area contributed by atoms with Crippen LogP contribution in [0.4, 0.5) is 0 Å². The first-order chi connectivity index (χ1) is 7.51. The van der Waals surface area contributed by atoms with Crippen LogP contribution in [0, 0.1) is 0 Å². The highest BCUT2D eigenvalue weighted by Gasteiger charge is 2.19. The molecule has 94 valence electrons. The summed E-state index contributed by atoms with van der Waals surface area (Å²) in [6.45, 7) is 8.48. The zero-order valence-electron chi connectivity index (χ0n) is 10.7. The van der Waals surface area contributed by atoms with E-state index >= 15 is 0 Å². The number of hydrogen-bond acceptors (Lipinski definition) is 6. The van der Waals surface area contributed by atoms with Crippen LogP contribution in [0.5, 0.6) is 0 Å². The zero-order chi connectivity index (χ0) is 12.1. The first-order valence-corrected chi connectivity index (χ1v) is 6.84. The van der Waals surface area contributed by atoms with Gasteiger partial charge in [-0.1, -0.05) is 5.23 Å². The topological polar surface area (TPSA) is 51.4 Å². The summed E-state index contributed by atoms with van der Waals surface area (Å²) in [6.07, 6.45) is 4.35. The summed E-state index contributed by atoms with van der Waals surface area (Å²) in [6, 6.07) is 0.816. The molecule has 0 fully saturated rings. The van der Waals surface area contributed by atoms with Gasteiger partial charge < -0.3 is 0 Å². The van der Waals surface area contributed by atoms with Gasteiger partial charge in [0.2, 0.25) is 0 Å². The third-order valence-electron chi connectivity index (χ3n) is 1.93. The smallest absolute Gasteiger partial charge is 0.0957 e. The Hall–Kier alpha value is -0.270. The monoisotopic (exact) mass is 245 g/mol. The Morgan fingerprint density at radius 2 is 2.00 bits per heavy atom. The third-order valence-corrected chi connectivity index (χ3v) is 2.60. The SMILES string of the molecule is CSC1=CC(NC(C)C)NN(NC(C)C)N1. The van der Waals surface area contributed by atoms with Crippen molar-refractivity contribution in [1.29, 1.82) is 0 Å². The lowest BCUT2D eigenvalue weighted by Gasteiger charge is -2.36. The van der Waals surface area contributed by atoms with Gasteiger partial charge in [0.1, 0.15) is 0 Å². The number of hydrogen-bond donors (Lipinski definition) is 4. The van der Waals surface area contributed by atoms with E-state index in [1.54, 1.807) is 11.8 Å². The molecule has 5 nitrogen and oxygen atoms in total. The summed E-state index contributed by atoms with van der Waals surface area (Å²) >= 11 is 1.70. The van der Waals surface area contributed by atoms with E-state index in [9.17, 15) is 0 Å². The number of rotatable bonds is 5. The zero-order valence-corrected chi connectivity index (χ0v) is 11.5. The van der Waals surface area contributed by atoms with Gasteiger partial charge in [-0.25, -0.2) is 10.9 Å². The minimum atomic E-state index is 0.148. The quantitative estimate of drug-likeness (QED) is 0.574. The summed E-state index contributed by atoms with van der Waals surface area (Å²) in [5.74, 6) is 0. The van der Waals surface area contributed by atoms with Crippen LogP contribution in [0.15, 0.2) is 11.1 Å². The predicted molar refractivity (Wildman–Crippen MR) is 70.0 cm³/mol. The van der Waals surface area contributed by atoms with Crippen molar-refractivity contribution in [3.05, 3.63) is 11.1 Å². The largest absolute Gasteiger partial charge is 0.295 e. The molecule has 1 aliphatic heterocycles. The molecule has 1 atom stereocenters. The van der Waals surface area contributed by atoms with Crippen LogP contribution < -0.4 is 21.6 Å². The molecule has 4 N–H and O–H groups in total. The van der Waals surface area contributed by atoms with Crippen LogP contribution in [-0.4, -0.2) is 29.7 Å². The van der Waals surface area contributed by atoms with Crippen LogP contribution >= 0.6 is 11.8 Å². The lowest BCUT2D eigenvalue weighted by atomic mass is 10.3. The van der Waals surface area contributed by atoms with Gasteiger partial charge in [-0.2, -0.15) is 0 Å². The van der Waals surface area contributed by atoms with Crippen molar-refractivity contribution in [3.8, 4) is 0 Å². The van der Waals surface area contributed by atoms with E-state index in [2.05, 4.69) is 61.6 Å². The van der Waals surface area contributed by atoms with E-state index in [0.717, 1.165) is 5.03 Å². The Kier molecular flexibility index (Phi) is 5.57. The van der Waals surface area contributed by atoms with Crippen molar-refractivity contribution in [2.24, 2.45) is 0 Å². The van der Waals surface area contributed by atoms with Gasteiger partial charge in [-0.05, 0) is 40.0 Å². The van der Waals surface area contributed by atoms with E-state index in [4.69, 9.17) is 0 Å². The van der Waals surface area contributed by atoms with E-state index in [1.807, 2.05) is 5.23 Å². The minimum absolute atomic E-state index is 0.148. The van der Waals surface area contributed by atoms with Crippen molar-refractivity contribution < 1.29 is 0 Å². The van der Waals surface area contributed by atoms with E-state index in [0.29, 0.717) is 12.1 Å². The lowest BCUT2D eigenvalue weighted by Crippen LogP contribution is -2.65. The second-order valence-corrected chi connectivity index (χ2v) is 5.24. The van der Waals surface area contributed by atoms with Crippen LogP contribution in [0.25, 0.3) is 0 Å². The molecule has 0 spiro atoms. The van der Waals surface area contributed by atoms with Gasteiger partial charge in [0.05, 0.1) is 11.2 Å². The summed E-state index contributed by atoms with van der Waals surface area (Å²) in [4.78, 5) is 0. The molecule has 16 heavy (non-hydrogen) atoms. The van der Waals surface area contributed by atoms with Crippen LogP contribution in [-0.2, 0) is 0 Å². The fourth-order valence-corrected chi connectivity index (χ4v) is 1.85. The molecule has 0 amide bonds. The number of thioether (sulfide) groups is 1. The Morgan fingerprint density at radius 3 is 2.50 bits per heavy atom. The summed E-state index contributed by atoms with van der Waals surface area (Å²) in [7, 11) is 0. The Bertz CT molecular complexity index is 241. The maximum Gasteiger partial charge on any atom is 0.0957 e. The summed E-state index contributed by atoms with van der Waals surface area (Å²) in [5, 5.41) is 6.37. The highest BCUT2D eigenvalue weighted by molar-refractivity contribution is 8.02. The molecule has 1 unspecified atom stereocenters. The van der Waals surface area contributed by atoms with E-state index in [-0.39, 0.29) is 6.17 Å². The Morgan fingerprint density at radius 1 is 1.31 bits per heavy atom. The molecule has 1 rings (SSSR count). The first-order valence-electron chi connectivity index (χ1n) is 5.62. The molecule has 0 aromatic heterocycles. The van der Waals surface area contributed by atoms with Crippen molar-refractivity contribution in [1.82, 2.24) is 26.8 Å². The first kappa shape index (κ1) is 13.8. The van der Waals surface area contributed by atoms with E-state index in [1.165, 1.54) is 0 Å². The van der Waals surface area contributed by atoms with Crippen molar-refractivity contribution in [2.75, 3.05) is 6.26 Å². The number of hydrazine groups is 3. The molecule has 0 saturated heterocycles. The fraction of sp³-hybridized carbons (Fsp3) is 0.800. The average Bonchev–Trinajstić information content (AvgIpc) is 2.14. The van der Waals surface area contributed by atoms with E-state index < -0.39 is 0 Å². The molecule has 6 heteroatoms. The molecule has 1 aliphatic rings. The van der Waals surface area contributed by atoms with Crippen LogP contribution in [0.3, 0.4) is 0 Å². The molecule has 1 heterocycles. The second-order valence-electron chi connectivity index (χ2n) is 4.39. The summed E-state index contributed by atoms with van der Waals surface area (Å²) < 4.78 is 0. The molecule has 0 radical (unpaired) electrons. The van der Waals surface area contributed by atoms with Gasteiger partial charge in [-0.3, -0.25) is 10.7 Å².